The third-order valence-electron chi connectivity index (χ3n) is 3.43. The minimum atomic E-state index is -5.14. The minimum Gasteiger partial charge on any atom is -0.790 e. The van der Waals surface area contributed by atoms with Gasteiger partial charge in [0.25, 0.3) is 0 Å². The zero-order valence-electron chi connectivity index (χ0n) is 13.5. The van der Waals surface area contributed by atoms with Crippen LogP contribution >= 0.6 is 54.4 Å². The molecule has 0 aliphatic rings. The molecule has 144 valence electrons. The largest absolute Gasteiger partial charge is 0.790 e. The Kier molecular flexibility index (Phi) is 6.30. The number of imidazole rings is 1. The van der Waals surface area contributed by atoms with Crippen LogP contribution in [-0.4, -0.2) is 15.8 Å². The maximum absolute atomic E-state index is 10.8. The summed E-state index contributed by atoms with van der Waals surface area (Å²) in [5.41, 5.74) is 0.939. The number of benzene rings is 2. The van der Waals surface area contributed by atoms with Crippen LogP contribution in [0, 0.1) is 0 Å². The molecule has 0 saturated carbocycles. The molecule has 0 bridgehead atoms. The number of phosphoric ester groups is 1. The monoisotopic (exact) mass is 466 g/mol. The number of rotatable bonds is 6. The number of halogens is 3. The van der Waals surface area contributed by atoms with E-state index in [9.17, 15) is 14.4 Å². The van der Waals surface area contributed by atoms with E-state index in [1.165, 1.54) is 22.4 Å². The maximum atomic E-state index is 10.8. The number of nitrogens with zero attached hydrogens (tertiary/aromatic N) is 2. The van der Waals surface area contributed by atoms with Gasteiger partial charge in [-0.1, -0.05) is 52.6 Å². The molecule has 0 radical (unpaired) electrons. The Labute approximate surface area is 173 Å². The molecule has 1 heterocycles. The van der Waals surface area contributed by atoms with E-state index in [-0.39, 0.29) is 15.8 Å². The van der Waals surface area contributed by atoms with Gasteiger partial charge in [0.05, 0.1) is 28.9 Å². The number of hydrogen-bond donors (Lipinski definition) is 0. The Morgan fingerprint density at radius 3 is 2.59 bits per heavy atom. The van der Waals surface area contributed by atoms with Gasteiger partial charge in [-0.15, -0.1) is 0 Å². The molecule has 3 rings (SSSR count). The van der Waals surface area contributed by atoms with Gasteiger partial charge in [0.15, 0.2) is 5.16 Å². The van der Waals surface area contributed by atoms with Gasteiger partial charge >= 0.3 is 0 Å². The highest BCUT2D eigenvalue weighted by molar-refractivity contribution is 7.98. The van der Waals surface area contributed by atoms with Gasteiger partial charge in [-0.2, -0.15) is 0 Å². The molecule has 0 spiro atoms. The summed E-state index contributed by atoms with van der Waals surface area (Å²) in [5, 5.41) is 1.23. The van der Waals surface area contributed by atoms with E-state index >= 15 is 0 Å². The number of phosphoric acid groups is 1. The molecular weight excluding hydrogens is 458 g/mol. The van der Waals surface area contributed by atoms with Crippen molar-refractivity contribution in [3.05, 3.63) is 45.4 Å². The summed E-state index contributed by atoms with van der Waals surface area (Å²) in [6.07, 6.45) is 1.75. The van der Waals surface area contributed by atoms with E-state index in [0.29, 0.717) is 27.0 Å². The van der Waals surface area contributed by atoms with Crippen LogP contribution in [0.1, 0.15) is 0 Å². The van der Waals surface area contributed by atoms with E-state index in [1.807, 2.05) is 0 Å². The van der Waals surface area contributed by atoms with Crippen LogP contribution in [0.5, 0.6) is 11.5 Å². The molecule has 0 saturated heterocycles. The molecule has 27 heavy (non-hydrogen) atoms. The van der Waals surface area contributed by atoms with E-state index in [1.54, 1.807) is 30.5 Å². The third-order valence-corrected chi connectivity index (χ3v) is 5.64. The summed E-state index contributed by atoms with van der Waals surface area (Å²) >= 11 is 19.6. The highest BCUT2D eigenvalue weighted by atomic mass is 35.5. The fourth-order valence-electron chi connectivity index (χ4n) is 2.27. The number of hydrogen-bond acceptors (Lipinski definition) is 7. The first kappa shape index (κ1) is 20.8. The molecule has 1 aromatic heterocycles. The maximum Gasteiger partial charge on any atom is 0.170 e. The lowest BCUT2D eigenvalue weighted by atomic mass is 10.3. The first-order chi connectivity index (χ1) is 12.7. The molecular formula is C15H10Cl3N2O5PS-2. The van der Waals surface area contributed by atoms with Gasteiger partial charge in [-0.3, -0.25) is 4.57 Å². The van der Waals surface area contributed by atoms with Crippen LogP contribution in [0.4, 0.5) is 0 Å². The molecule has 7 nitrogen and oxygen atoms in total. The topological polar surface area (TPSA) is 99.5 Å². The summed E-state index contributed by atoms with van der Waals surface area (Å²) in [6.45, 7) is -0.506. The van der Waals surface area contributed by atoms with Crippen LogP contribution in [0.2, 0.25) is 15.1 Å². The van der Waals surface area contributed by atoms with Crippen molar-refractivity contribution in [2.24, 2.45) is 0 Å². The van der Waals surface area contributed by atoms with E-state index in [4.69, 9.17) is 39.5 Å². The van der Waals surface area contributed by atoms with Crippen molar-refractivity contribution < 1.29 is 23.6 Å². The zero-order chi connectivity index (χ0) is 19.8. The lowest BCUT2D eigenvalue weighted by molar-refractivity contribution is -0.344. The average Bonchev–Trinajstić information content (AvgIpc) is 2.93. The normalized spacial score (nSPS) is 11.9. The van der Waals surface area contributed by atoms with Gasteiger partial charge in [-0.25, -0.2) is 4.98 Å². The average molecular weight is 468 g/mol. The predicted molar refractivity (Wildman–Crippen MR) is 102 cm³/mol. The van der Waals surface area contributed by atoms with Crippen molar-refractivity contribution >= 4 is 65.4 Å². The summed E-state index contributed by atoms with van der Waals surface area (Å²) in [4.78, 5) is 25.9. The highest BCUT2D eigenvalue weighted by Gasteiger charge is 2.16. The summed E-state index contributed by atoms with van der Waals surface area (Å²) in [7, 11) is -5.14. The van der Waals surface area contributed by atoms with Crippen LogP contribution in [0.15, 0.2) is 35.5 Å². The molecule has 0 aliphatic carbocycles. The van der Waals surface area contributed by atoms with Crippen LogP contribution < -0.4 is 14.5 Å². The Morgan fingerprint density at radius 2 is 1.93 bits per heavy atom. The first-order valence-corrected chi connectivity index (χ1v) is 11.0. The molecule has 0 amide bonds. The van der Waals surface area contributed by atoms with Crippen LogP contribution in [-0.2, 0) is 15.8 Å². The molecule has 2 aromatic carbocycles. The fourth-order valence-corrected chi connectivity index (χ4v) is 3.62. The van der Waals surface area contributed by atoms with E-state index in [2.05, 4.69) is 9.51 Å². The Morgan fingerprint density at radius 1 is 1.19 bits per heavy atom. The molecule has 0 unspecified atom stereocenters. The van der Waals surface area contributed by atoms with Gasteiger partial charge in [-0.05, 0) is 24.5 Å². The van der Waals surface area contributed by atoms with Crippen molar-refractivity contribution in [2.45, 2.75) is 11.9 Å². The third kappa shape index (κ3) is 4.72. The molecule has 0 N–H and O–H groups in total. The van der Waals surface area contributed by atoms with Crippen LogP contribution in [0.3, 0.4) is 0 Å². The van der Waals surface area contributed by atoms with E-state index in [0.717, 1.165) is 0 Å². The quantitative estimate of drug-likeness (QED) is 0.393. The Balaban J connectivity index is 2.02. The molecule has 0 atom stereocenters. The summed E-state index contributed by atoms with van der Waals surface area (Å²) in [6, 6.07) is 8.03. The first-order valence-electron chi connectivity index (χ1n) is 7.22. The number of ether oxygens (including phenoxy) is 1. The summed E-state index contributed by atoms with van der Waals surface area (Å²) in [5.74, 6) is 0.599. The lowest BCUT2D eigenvalue weighted by Crippen LogP contribution is -2.18. The molecule has 12 heteroatoms. The van der Waals surface area contributed by atoms with Crippen LogP contribution in [0.25, 0.3) is 11.0 Å². The lowest BCUT2D eigenvalue weighted by Gasteiger charge is -2.28. The van der Waals surface area contributed by atoms with Crippen molar-refractivity contribution in [3.8, 4) is 11.5 Å². The number of aromatic nitrogens is 2. The smallest absolute Gasteiger partial charge is 0.170 e. The second kappa shape index (κ2) is 8.19. The van der Waals surface area contributed by atoms with Crippen molar-refractivity contribution in [2.75, 3.05) is 6.26 Å². The van der Waals surface area contributed by atoms with Gasteiger partial charge in [0.1, 0.15) is 23.3 Å². The standard InChI is InChI=1S/C15H12Cl3N2O5PS/c1-27-15-19-10-6-13(25-12-4-2-3-8(16)14(12)18)9(17)5-11(10)20(15)7-24-26(21,22)23/h2-6H,7H2,1H3,(H2,21,22,23)/p-2. The Hall–Kier alpha value is -0.960. The van der Waals surface area contributed by atoms with Crippen molar-refractivity contribution in [1.29, 1.82) is 0 Å². The SMILES string of the molecule is CSc1nc2cc(Oc3cccc(Cl)c3Cl)c(Cl)cc2n1COP(=O)([O-])[O-]. The van der Waals surface area contributed by atoms with E-state index < -0.39 is 14.6 Å². The fraction of sp³-hybridized carbons (Fsp3) is 0.133. The minimum absolute atomic E-state index is 0.222. The van der Waals surface area contributed by atoms with Gasteiger partial charge in [0, 0.05) is 6.07 Å². The molecule has 3 aromatic rings. The predicted octanol–water partition coefficient (Wildman–Crippen LogP) is 4.31. The van der Waals surface area contributed by atoms with Gasteiger partial charge < -0.3 is 23.6 Å². The Bertz CT molecular complexity index is 1060. The highest BCUT2D eigenvalue weighted by Crippen LogP contribution is 2.39. The second-order valence-corrected chi connectivity index (χ2v) is 8.28. The zero-order valence-corrected chi connectivity index (χ0v) is 17.5. The van der Waals surface area contributed by atoms with Gasteiger partial charge in [0.2, 0.25) is 0 Å². The molecule has 0 aliphatic heterocycles. The number of fused-ring (bicyclic) bond motifs is 1. The number of thioether (sulfide) groups is 1. The summed E-state index contributed by atoms with van der Waals surface area (Å²) < 4.78 is 22.3. The van der Waals surface area contributed by atoms with Crippen molar-refractivity contribution in [1.82, 2.24) is 9.55 Å². The van der Waals surface area contributed by atoms with Crippen molar-refractivity contribution in [3.63, 3.8) is 0 Å². The molecule has 0 fully saturated rings. The second-order valence-electron chi connectivity index (χ2n) is 5.16.